The van der Waals surface area contributed by atoms with Crippen LogP contribution in [-0.4, -0.2) is 545 Å². The van der Waals surface area contributed by atoms with E-state index in [0.29, 0.717) is 24.5 Å². The van der Waals surface area contributed by atoms with Gasteiger partial charge in [-0.15, -0.1) is 0 Å². The van der Waals surface area contributed by atoms with Crippen LogP contribution in [-0.2, 0) is 119 Å². The Morgan fingerprint density at radius 3 is 0.523 bits per heavy atom. The molecule has 56 heteroatoms. The van der Waals surface area contributed by atoms with Crippen molar-refractivity contribution in [3.05, 3.63) is 0 Å². The largest absolute Gasteiger partial charge is 0.480 e. The first-order valence-electron chi connectivity index (χ1n) is 41.3. The lowest BCUT2D eigenvalue weighted by Gasteiger charge is -2.42. The Morgan fingerprint density at radius 1 is 0.238 bits per heavy atom. The molecule has 0 spiro atoms. The summed E-state index contributed by atoms with van der Waals surface area (Å²) < 4.78 is 69.5. The maximum Gasteiger partial charge on any atom is 0.323 e. The lowest BCUT2D eigenvalue weighted by Crippen LogP contribution is -2.65. The zero-order chi connectivity index (χ0) is 97.0. The molecule has 12 amide bonds. The van der Waals surface area contributed by atoms with Gasteiger partial charge in [0.2, 0.25) is 70.9 Å². The summed E-state index contributed by atoms with van der Waals surface area (Å²) in [7, 11) is 0. The molecule has 0 saturated carbocycles. The number of nitrogens with one attached hydrogen (secondary N) is 6. The van der Waals surface area contributed by atoms with Crippen LogP contribution in [0.25, 0.3) is 0 Å². The van der Waals surface area contributed by atoms with Crippen LogP contribution in [0.5, 0.6) is 0 Å². The lowest BCUT2D eigenvalue weighted by atomic mass is 9.97. The molecule has 0 aliphatic carbocycles. The van der Waals surface area contributed by atoms with Gasteiger partial charge >= 0.3 is 5.97 Å². The molecule has 0 aromatic carbocycles. The Kier molecular flexibility index (Phi) is 45.2. The van der Waals surface area contributed by atoms with E-state index in [2.05, 4.69) is 31.9 Å². The molecule has 0 aromatic rings. The number of aliphatic hydroxyl groups is 18. The lowest BCUT2D eigenvalue weighted by molar-refractivity contribution is -0.270. The van der Waals surface area contributed by atoms with Gasteiger partial charge in [0.1, 0.15) is 153 Å². The van der Waals surface area contributed by atoms with Gasteiger partial charge in [0, 0.05) is 87.7 Å². The van der Waals surface area contributed by atoms with Crippen LogP contribution < -0.4 is 31.9 Å². The summed E-state index contributed by atoms with van der Waals surface area (Å²) in [5.41, 5.74) is 0. The molecule has 6 rings (SSSR count). The summed E-state index contributed by atoms with van der Waals surface area (Å²) in [4.78, 5) is 182. The standard InChI is InChI=1S/C74H124N12O44/c1-32(93)75-51-63(113)57(107)39(26-87)125-69(51)119-14-8-81(38(7)99)20-45(100)82(9-15-120-70-52(76-33(2)94)64(114)58(108)40(27-88)126-70)21-46(101)83(10-16-121-71-53(77-34(3)95)65(115)59(109)41(28-89)127-71)22-47(102)84(11-17-122-72-54(78-35(4)96)66(116)60(110)42(29-90)128-72)23-48(103)85(12-18-123-73-55(79-36(5)97)67(117)61(111)43(30-91)129-73)24-49(104)86(25-50(105)106)13-19-124-74-56(80-37(6)98)68(118)62(112)44(31-92)130-74/h39-44,51-74,87-92,107-118H,8-31H2,1-7H3,(H,75,93)(H,76,94)(H,77,95)(H,78,96)(H,79,97)(H,80,98)(H,105,106)/t39-,40-,41-,42-,43-,44-,51-,52-,53-,54-,55-,56-,57+,58+,59+,60+,61+,62+,63-,64-,65-,66-,67-,68-,69+,70+,71+,72+,73+,74+/m1/s1. The average Bonchev–Trinajstić information content (AvgIpc) is 0.808. The molecule has 30 atom stereocenters. The minimum absolute atomic E-state index is 0.577. The van der Waals surface area contributed by atoms with Gasteiger partial charge < -0.3 is 215 Å². The minimum Gasteiger partial charge on any atom is -0.480 e. The monoisotopic (exact) mass is 1880 g/mol. The Labute approximate surface area is 742 Å². The van der Waals surface area contributed by atoms with Gasteiger partial charge in [0.15, 0.2) is 37.7 Å². The van der Waals surface area contributed by atoms with E-state index < -0.39 is 419 Å². The summed E-state index contributed by atoms with van der Waals surface area (Å²) in [5.74, 6) is -13.9. The molecule has 25 N–H and O–H groups in total. The maximum atomic E-state index is 15.8. The number of aliphatic carboxylic acids is 1. The third-order valence-corrected chi connectivity index (χ3v) is 21.5. The van der Waals surface area contributed by atoms with Gasteiger partial charge in [-0.2, -0.15) is 0 Å². The first kappa shape index (κ1) is 111. The van der Waals surface area contributed by atoms with Gasteiger partial charge in [-0.05, 0) is 0 Å². The highest BCUT2D eigenvalue weighted by Gasteiger charge is 2.52. The number of amides is 12. The number of carboxylic acid groups (broad SMARTS) is 1. The van der Waals surface area contributed by atoms with Gasteiger partial charge in [0.25, 0.3) is 0 Å². The number of rotatable bonds is 48. The SMILES string of the molecule is CC(=O)N[C@H]1[C@@H](OCCN(CC(=O)N(CCO[C@H]2O[C@H](CO)[C@H](O)[C@H](O)[C@H]2NC(C)=O)CC(=O)N(CCO[C@H]2O[C@H](CO)[C@H](O)[C@H](O)[C@H]2NC(C)=O)CC(=O)N(CCO[C@H]2O[C@H](CO)[C@H](O)[C@H](O)[C@H]2NC(C)=O)CC(=O)N(CCO[C@H]2O[C@H](CO)[C@H](O)[C@H](O)[C@H]2NC(C)=O)CC(=O)N(CCO[C@H]2O[C@H](CO)[C@H](O)[C@H](O)[C@H]2NC(C)=O)CC(=O)O)C(C)=O)O[C@H](CO)[C@H](O)[C@@H]1O. The Bertz CT molecular complexity index is 3690. The molecule has 0 unspecified atom stereocenters. The van der Waals surface area contributed by atoms with E-state index in [-0.39, 0.29) is 0 Å². The van der Waals surface area contributed by atoms with Crippen LogP contribution in [0, 0.1) is 0 Å². The van der Waals surface area contributed by atoms with E-state index in [9.17, 15) is 140 Å². The molecule has 6 aliphatic rings. The van der Waals surface area contributed by atoms with Crippen molar-refractivity contribution in [2.24, 2.45) is 0 Å². The Hall–Kier alpha value is -8.09. The molecule has 6 fully saturated rings. The van der Waals surface area contributed by atoms with Gasteiger partial charge in [-0.1, -0.05) is 0 Å². The maximum absolute atomic E-state index is 15.8. The van der Waals surface area contributed by atoms with Gasteiger partial charge in [-0.25, -0.2) is 0 Å². The van der Waals surface area contributed by atoms with Gasteiger partial charge in [-0.3, -0.25) is 62.3 Å². The summed E-state index contributed by atoms with van der Waals surface area (Å²) in [6, 6.07) is -9.69. The topological polar surface area (TPSA) is 809 Å². The molecule has 744 valence electrons. The van der Waals surface area contributed by atoms with E-state index in [0.717, 1.165) is 53.4 Å². The third kappa shape index (κ3) is 31.5. The van der Waals surface area contributed by atoms with Crippen molar-refractivity contribution >= 4 is 76.9 Å². The van der Waals surface area contributed by atoms with Crippen LogP contribution in [0.3, 0.4) is 0 Å². The first-order valence-corrected chi connectivity index (χ1v) is 41.3. The molecule has 0 aromatic heterocycles. The molecule has 130 heavy (non-hydrogen) atoms. The van der Waals surface area contributed by atoms with E-state index in [1.165, 1.54) is 0 Å². The van der Waals surface area contributed by atoms with Crippen molar-refractivity contribution in [2.45, 2.75) is 232 Å². The number of ether oxygens (including phenoxy) is 12. The second kappa shape index (κ2) is 53.1. The summed E-state index contributed by atoms with van der Waals surface area (Å²) in [5, 5.41) is 216. The molecule has 6 aliphatic heterocycles. The van der Waals surface area contributed by atoms with E-state index in [1.807, 2.05) is 0 Å². The summed E-state index contributed by atoms with van der Waals surface area (Å²) in [6.45, 7) is -15.7. The number of hydrogen-bond acceptors (Lipinski definition) is 43. The second-order valence-electron chi connectivity index (χ2n) is 31.2. The van der Waals surface area contributed by atoms with Crippen LogP contribution in [0.4, 0.5) is 0 Å². The molecule has 6 heterocycles. The minimum atomic E-state index is -1.96. The predicted octanol–water partition coefficient (Wildman–Crippen LogP) is -19.2. The number of carbonyl (C=O) groups excluding carboxylic acids is 12. The van der Waals surface area contributed by atoms with Crippen molar-refractivity contribution in [1.82, 2.24) is 61.3 Å². The number of nitrogens with zero attached hydrogens (tertiary/aromatic N) is 6. The van der Waals surface area contributed by atoms with Crippen molar-refractivity contribution in [3.8, 4) is 0 Å². The molecule has 6 saturated heterocycles. The van der Waals surface area contributed by atoms with Gasteiger partial charge in [0.05, 0.1) is 112 Å². The highest BCUT2D eigenvalue weighted by Crippen LogP contribution is 2.30. The quantitative estimate of drug-likeness (QED) is 0.0269. The van der Waals surface area contributed by atoms with Crippen molar-refractivity contribution in [1.29, 1.82) is 0 Å². The van der Waals surface area contributed by atoms with E-state index >= 15 is 19.2 Å². The van der Waals surface area contributed by atoms with E-state index in [4.69, 9.17) is 56.8 Å². The number of aliphatic hydroxyl groups excluding tert-OH is 18. The number of carbonyl (C=O) groups is 13. The van der Waals surface area contributed by atoms with Crippen molar-refractivity contribution in [2.75, 3.05) is 158 Å². The zero-order valence-corrected chi connectivity index (χ0v) is 72.2. The van der Waals surface area contributed by atoms with Crippen molar-refractivity contribution < 1.29 is 216 Å². The van der Waals surface area contributed by atoms with Crippen LogP contribution >= 0.6 is 0 Å². The molecule has 56 nitrogen and oxygen atoms in total. The van der Waals surface area contributed by atoms with Crippen LogP contribution in [0.2, 0.25) is 0 Å². The zero-order valence-electron chi connectivity index (χ0n) is 72.2. The fourth-order valence-corrected chi connectivity index (χ4v) is 14.6. The average molecular weight is 1890 g/mol. The molecular formula is C74H124N12O44. The second-order valence-corrected chi connectivity index (χ2v) is 31.2. The van der Waals surface area contributed by atoms with E-state index in [1.54, 1.807) is 0 Å². The highest BCUT2D eigenvalue weighted by atomic mass is 16.7. The van der Waals surface area contributed by atoms with Crippen LogP contribution in [0.15, 0.2) is 0 Å². The first-order chi connectivity index (χ1) is 61.3. The smallest absolute Gasteiger partial charge is 0.323 e. The molecule has 0 bridgehead atoms. The predicted molar refractivity (Wildman–Crippen MR) is 421 cm³/mol. The summed E-state index contributed by atoms with van der Waals surface area (Å²) in [6.07, 6.45) is -42.7. The fraction of sp³-hybridized carbons (Fsp3) is 0.824. The molecule has 0 radical (unpaired) electrons. The Morgan fingerprint density at radius 2 is 0.385 bits per heavy atom. The molecular weight excluding hydrogens is 1760 g/mol. The third-order valence-electron chi connectivity index (χ3n) is 21.5. The normalized spacial score (nSPS) is 32.6. The fourth-order valence-electron chi connectivity index (χ4n) is 14.6. The van der Waals surface area contributed by atoms with Crippen LogP contribution in [0.1, 0.15) is 48.5 Å². The van der Waals surface area contributed by atoms with Crippen molar-refractivity contribution in [3.63, 3.8) is 0 Å². The summed E-state index contributed by atoms with van der Waals surface area (Å²) >= 11 is 0. The Balaban J connectivity index is 1.48. The highest BCUT2D eigenvalue weighted by molar-refractivity contribution is 5.92. The number of carboxylic acids is 1. The number of hydrogen-bond donors (Lipinski definition) is 25.